The van der Waals surface area contributed by atoms with Gasteiger partial charge in [0.25, 0.3) is 5.91 Å². The van der Waals surface area contributed by atoms with E-state index in [1.807, 2.05) is 54.6 Å². The van der Waals surface area contributed by atoms with Crippen molar-refractivity contribution < 1.29 is 19.4 Å². The van der Waals surface area contributed by atoms with E-state index in [0.717, 1.165) is 16.5 Å². The Kier molecular flexibility index (Phi) is 6.41. The number of rotatable bonds is 8. The van der Waals surface area contributed by atoms with Gasteiger partial charge in [0.05, 0.1) is 5.52 Å². The van der Waals surface area contributed by atoms with E-state index in [1.165, 1.54) is 0 Å². The molecule has 0 unspecified atom stereocenters. The molecule has 0 aliphatic carbocycles. The molecule has 3 aromatic carbocycles. The third-order valence-electron chi connectivity index (χ3n) is 5.05. The Labute approximate surface area is 185 Å². The number of carboxylic acid groups (broad SMARTS) is 1. The van der Waals surface area contributed by atoms with E-state index < -0.39 is 17.9 Å². The van der Waals surface area contributed by atoms with E-state index in [9.17, 15) is 14.7 Å². The second-order valence-corrected chi connectivity index (χ2v) is 7.38. The monoisotopic (exact) mass is 426 g/mol. The number of amides is 1. The summed E-state index contributed by atoms with van der Waals surface area (Å²) < 4.78 is 5.76. The Morgan fingerprint density at radius 3 is 2.31 bits per heavy atom. The lowest BCUT2D eigenvalue weighted by atomic mass is 10.1. The molecule has 1 heterocycles. The summed E-state index contributed by atoms with van der Waals surface area (Å²) in [6.45, 7) is 0.451. The first kappa shape index (κ1) is 21.1. The number of para-hydroxylation sites is 1. The van der Waals surface area contributed by atoms with Gasteiger partial charge in [-0.25, -0.2) is 9.78 Å². The van der Waals surface area contributed by atoms with Crippen molar-refractivity contribution in [2.75, 3.05) is 0 Å². The predicted octanol–water partition coefficient (Wildman–Crippen LogP) is 4.24. The van der Waals surface area contributed by atoms with Crippen LogP contribution in [0.3, 0.4) is 0 Å². The van der Waals surface area contributed by atoms with Crippen LogP contribution in [0, 0.1) is 0 Å². The summed E-state index contributed by atoms with van der Waals surface area (Å²) in [7, 11) is 0. The number of hydrogen-bond acceptors (Lipinski definition) is 4. The number of carbonyl (C=O) groups excluding carboxylic acids is 1. The lowest BCUT2D eigenvalue weighted by Crippen LogP contribution is -2.42. The summed E-state index contributed by atoms with van der Waals surface area (Å²) in [5.41, 5.74) is 2.70. The van der Waals surface area contributed by atoms with Crippen LogP contribution in [0.5, 0.6) is 5.75 Å². The summed E-state index contributed by atoms with van der Waals surface area (Å²) in [5, 5.41) is 13.1. The van der Waals surface area contributed by atoms with Crippen LogP contribution in [0.1, 0.15) is 21.6 Å². The van der Waals surface area contributed by atoms with E-state index in [0.29, 0.717) is 17.9 Å². The van der Waals surface area contributed by atoms with Gasteiger partial charge in [0.1, 0.15) is 24.1 Å². The van der Waals surface area contributed by atoms with Gasteiger partial charge in [0, 0.05) is 11.8 Å². The highest BCUT2D eigenvalue weighted by molar-refractivity contribution is 5.97. The van der Waals surface area contributed by atoms with E-state index in [1.54, 1.807) is 36.4 Å². The molecule has 1 aromatic heterocycles. The zero-order chi connectivity index (χ0) is 22.3. The van der Waals surface area contributed by atoms with Crippen molar-refractivity contribution in [3.63, 3.8) is 0 Å². The maximum absolute atomic E-state index is 12.6. The lowest BCUT2D eigenvalue weighted by molar-refractivity contribution is -0.139. The number of pyridine rings is 1. The van der Waals surface area contributed by atoms with Gasteiger partial charge in [-0.05, 0) is 35.4 Å². The largest absolute Gasteiger partial charge is 0.489 e. The molecule has 4 aromatic rings. The molecule has 0 spiro atoms. The summed E-state index contributed by atoms with van der Waals surface area (Å²) >= 11 is 0. The summed E-state index contributed by atoms with van der Waals surface area (Å²) in [4.78, 5) is 28.7. The number of nitrogens with zero attached hydrogens (tertiary/aromatic N) is 1. The topological polar surface area (TPSA) is 88.5 Å². The van der Waals surface area contributed by atoms with Crippen LogP contribution in [0.25, 0.3) is 10.9 Å². The van der Waals surface area contributed by atoms with Gasteiger partial charge in [-0.1, -0.05) is 66.7 Å². The summed E-state index contributed by atoms with van der Waals surface area (Å²) in [6.07, 6.45) is 0.146. The quantitative estimate of drug-likeness (QED) is 0.440. The molecule has 0 fully saturated rings. The van der Waals surface area contributed by atoms with E-state index >= 15 is 0 Å². The predicted molar refractivity (Wildman–Crippen MR) is 122 cm³/mol. The average molecular weight is 426 g/mol. The molecule has 0 saturated carbocycles. The number of ether oxygens (including phenoxy) is 1. The number of nitrogens with one attached hydrogen (secondary N) is 1. The molecule has 32 heavy (non-hydrogen) atoms. The smallest absolute Gasteiger partial charge is 0.326 e. The van der Waals surface area contributed by atoms with E-state index in [2.05, 4.69) is 10.3 Å². The highest BCUT2D eigenvalue weighted by Gasteiger charge is 2.22. The van der Waals surface area contributed by atoms with Gasteiger partial charge >= 0.3 is 5.97 Å². The molecule has 1 amide bonds. The van der Waals surface area contributed by atoms with Gasteiger partial charge in [0.15, 0.2) is 0 Å². The van der Waals surface area contributed by atoms with Crippen LogP contribution in [0.15, 0.2) is 91.0 Å². The van der Waals surface area contributed by atoms with Gasteiger partial charge < -0.3 is 15.2 Å². The van der Waals surface area contributed by atoms with Crippen molar-refractivity contribution in [3.05, 3.63) is 108 Å². The Bertz CT molecular complexity index is 1220. The van der Waals surface area contributed by atoms with Crippen molar-refractivity contribution in [1.82, 2.24) is 10.3 Å². The lowest BCUT2D eigenvalue weighted by Gasteiger charge is -2.15. The number of fused-ring (bicyclic) bond motifs is 1. The van der Waals surface area contributed by atoms with Crippen LogP contribution in [-0.2, 0) is 17.8 Å². The zero-order valence-corrected chi connectivity index (χ0v) is 17.3. The number of carbonyl (C=O) groups is 2. The minimum Gasteiger partial charge on any atom is -0.489 e. The Hall–Kier alpha value is -4.19. The molecule has 160 valence electrons. The first-order valence-corrected chi connectivity index (χ1v) is 10.2. The molecule has 0 aliphatic rings. The highest BCUT2D eigenvalue weighted by atomic mass is 16.5. The molecule has 0 aliphatic heterocycles. The summed E-state index contributed by atoms with van der Waals surface area (Å²) in [6, 6.07) is 26.8. The molecular weight excluding hydrogens is 404 g/mol. The van der Waals surface area contributed by atoms with Crippen molar-refractivity contribution in [3.8, 4) is 5.75 Å². The molecular formula is C26H22N2O4. The van der Waals surface area contributed by atoms with Crippen molar-refractivity contribution >= 4 is 22.8 Å². The zero-order valence-electron chi connectivity index (χ0n) is 17.3. The number of aliphatic carboxylic acids is 1. The van der Waals surface area contributed by atoms with Crippen LogP contribution in [-0.4, -0.2) is 28.0 Å². The molecule has 2 N–H and O–H groups in total. The van der Waals surface area contributed by atoms with Crippen molar-refractivity contribution in [2.24, 2.45) is 0 Å². The molecule has 6 heteroatoms. The second-order valence-electron chi connectivity index (χ2n) is 7.38. The van der Waals surface area contributed by atoms with Gasteiger partial charge in [-0.3, -0.25) is 4.79 Å². The fourth-order valence-corrected chi connectivity index (χ4v) is 3.32. The normalized spacial score (nSPS) is 11.6. The summed E-state index contributed by atoms with van der Waals surface area (Å²) in [5.74, 6) is -0.941. The maximum atomic E-state index is 12.6. The first-order valence-electron chi connectivity index (χ1n) is 10.2. The third-order valence-corrected chi connectivity index (χ3v) is 5.05. The SMILES string of the molecule is O=C(N[C@@H](Cc1ccc(OCc2ccccc2)cc1)C(=O)O)c1ccc2ccccc2n1. The van der Waals surface area contributed by atoms with E-state index in [4.69, 9.17) is 4.74 Å². The average Bonchev–Trinajstić information content (AvgIpc) is 2.83. The van der Waals surface area contributed by atoms with Crippen LogP contribution in [0.4, 0.5) is 0 Å². The Morgan fingerprint density at radius 2 is 1.56 bits per heavy atom. The molecule has 0 radical (unpaired) electrons. The molecule has 6 nitrogen and oxygen atoms in total. The van der Waals surface area contributed by atoms with Crippen LogP contribution >= 0.6 is 0 Å². The molecule has 1 atom stereocenters. The Morgan fingerprint density at radius 1 is 0.844 bits per heavy atom. The van der Waals surface area contributed by atoms with Gasteiger partial charge in [-0.2, -0.15) is 0 Å². The minimum absolute atomic E-state index is 0.146. The molecule has 4 rings (SSSR count). The third kappa shape index (κ3) is 5.29. The van der Waals surface area contributed by atoms with Crippen molar-refractivity contribution in [1.29, 1.82) is 0 Å². The van der Waals surface area contributed by atoms with Gasteiger partial charge in [0.2, 0.25) is 0 Å². The van der Waals surface area contributed by atoms with Crippen LogP contribution < -0.4 is 10.1 Å². The standard InChI is InChI=1S/C26H22N2O4/c29-25(23-15-12-20-8-4-5-9-22(20)27-23)28-24(26(30)31)16-18-10-13-21(14-11-18)32-17-19-6-2-1-3-7-19/h1-15,24H,16-17H2,(H,28,29)(H,30,31)/t24-/m0/s1. The van der Waals surface area contributed by atoms with E-state index in [-0.39, 0.29) is 12.1 Å². The fraction of sp³-hybridized carbons (Fsp3) is 0.115. The first-order chi connectivity index (χ1) is 15.6. The highest BCUT2D eigenvalue weighted by Crippen LogP contribution is 2.16. The minimum atomic E-state index is -1.11. The van der Waals surface area contributed by atoms with Crippen molar-refractivity contribution in [2.45, 2.75) is 19.1 Å². The number of hydrogen-bond donors (Lipinski definition) is 2. The Balaban J connectivity index is 1.39. The maximum Gasteiger partial charge on any atom is 0.326 e. The number of benzene rings is 3. The second kappa shape index (κ2) is 9.75. The molecule has 0 saturated heterocycles. The fourth-order valence-electron chi connectivity index (χ4n) is 3.32. The van der Waals surface area contributed by atoms with Gasteiger partial charge in [-0.15, -0.1) is 0 Å². The molecule has 0 bridgehead atoms. The van der Waals surface area contributed by atoms with Crippen LogP contribution in [0.2, 0.25) is 0 Å². The number of aromatic nitrogens is 1. The number of carboxylic acids is 1.